The molecule has 6 nitrogen and oxygen atoms in total. The molecule has 2 heterocycles. The van der Waals surface area contributed by atoms with Crippen LogP contribution in [0.3, 0.4) is 0 Å². The molecule has 1 N–H and O–H groups in total. The third-order valence-electron chi connectivity index (χ3n) is 6.88. The van der Waals surface area contributed by atoms with Crippen LogP contribution < -0.4 is 0 Å². The van der Waals surface area contributed by atoms with Gasteiger partial charge >= 0.3 is 5.97 Å². The number of aromatic nitrogens is 3. The number of nitrogens with zero attached hydrogens (tertiary/aromatic N) is 3. The fraction of sp³-hybridized carbons (Fsp3) is 0.286. The smallest absolute Gasteiger partial charge is 0.330 e. The molecule has 0 amide bonds. The Hall–Kier alpha value is -3.64. The van der Waals surface area contributed by atoms with Crippen LogP contribution in [0.5, 0.6) is 0 Å². The van der Waals surface area contributed by atoms with Gasteiger partial charge in [0.2, 0.25) is 0 Å². The molecule has 6 heteroatoms. The highest BCUT2D eigenvalue weighted by atomic mass is 16.5. The van der Waals surface area contributed by atoms with E-state index in [1.54, 1.807) is 0 Å². The Balaban J connectivity index is 1.39. The molecule has 1 aliphatic rings. The summed E-state index contributed by atoms with van der Waals surface area (Å²) in [6, 6.07) is 15.4. The number of benzene rings is 2. The fourth-order valence-electron chi connectivity index (χ4n) is 5.01. The van der Waals surface area contributed by atoms with Crippen LogP contribution in [0.25, 0.3) is 17.0 Å². The van der Waals surface area contributed by atoms with Crippen LogP contribution in [-0.4, -0.2) is 39.1 Å². The first-order valence-electron chi connectivity index (χ1n) is 11.8. The maximum atomic E-state index is 11.5. The van der Waals surface area contributed by atoms with E-state index < -0.39 is 0 Å². The van der Waals surface area contributed by atoms with Gasteiger partial charge in [0.15, 0.2) is 0 Å². The van der Waals surface area contributed by atoms with Crippen molar-refractivity contribution in [3.8, 4) is 0 Å². The third-order valence-corrected chi connectivity index (χ3v) is 6.88. The second-order valence-electron chi connectivity index (χ2n) is 8.90. The summed E-state index contributed by atoms with van der Waals surface area (Å²) >= 11 is 0. The SMILES string of the molecule is COC(=O)/C=C/c1ccc2c(c1)CCC2N(CCc1c[nH]c2ccccc12)Cc1nccn1C. The molecule has 0 bridgehead atoms. The summed E-state index contributed by atoms with van der Waals surface area (Å²) in [4.78, 5) is 22.0. The van der Waals surface area contributed by atoms with Crippen molar-refractivity contribution in [1.82, 2.24) is 19.4 Å². The average molecular weight is 455 g/mol. The number of methoxy groups -OCH3 is 1. The Morgan fingerprint density at radius 3 is 3.00 bits per heavy atom. The minimum atomic E-state index is -0.336. The van der Waals surface area contributed by atoms with Gasteiger partial charge in [-0.05, 0) is 53.7 Å². The molecular formula is C28H30N4O2. The van der Waals surface area contributed by atoms with E-state index in [2.05, 4.69) is 75.1 Å². The van der Waals surface area contributed by atoms with Crippen molar-refractivity contribution in [1.29, 1.82) is 0 Å². The number of H-pyrrole nitrogens is 1. The number of esters is 1. The maximum Gasteiger partial charge on any atom is 0.330 e. The van der Waals surface area contributed by atoms with Crippen molar-refractivity contribution in [3.05, 3.63) is 95.2 Å². The number of fused-ring (bicyclic) bond motifs is 2. The number of aryl methyl sites for hydroxylation is 2. The molecule has 0 spiro atoms. The molecule has 174 valence electrons. The lowest BCUT2D eigenvalue weighted by Crippen LogP contribution is -2.30. The summed E-state index contributed by atoms with van der Waals surface area (Å²) in [6.45, 7) is 1.75. The highest BCUT2D eigenvalue weighted by Gasteiger charge is 2.29. The molecule has 5 rings (SSSR count). The van der Waals surface area contributed by atoms with E-state index in [1.165, 1.54) is 40.8 Å². The summed E-state index contributed by atoms with van der Waals surface area (Å²) in [5, 5.41) is 1.30. The predicted octanol–water partition coefficient (Wildman–Crippen LogP) is 4.82. The first-order chi connectivity index (χ1) is 16.6. The van der Waals surface area contributed by atoms with Gasteiger partial charge in [-0.2, -0.15) is 0 Å². The number of hydrogen-bond donors (Lipinski definition) is 1. The Morgan fingerprint density at radius 2 is 2.18 bits per heavy atom. The fourth-order valence-corrected chi connectivity index (χ4v) is 5.01. The largest absolute Gasteiger partial charge is 0.466 e. The number of carbonyl (C=O) groups is 1. The van der Waals surface area contributed by atoms with Crippen molar-refractivity contribution in [3.63, 3.8) is 0 Å². The van der Waals surface area contributed by atoms with Crippen molar-refractivity contribution in [2.75, 3.05) is 13.7 Å². The quantitative estimate of drug-likeness (QED) is 0.306. The van der Waals surface area contributed by atoms with Crippen molar-refractivity contribution < 1.29 is 9.53 Å². The van der Waals surface area contributed by atoms with E-state index in [0.29, 0.717) is 6.04 Å². The van der Waals surface area contributed by atoms with E-state index in [1.807, 2.05) is 18.5 Å². The van der Waals surface area contributed by atoms with E-state index in [4.69, 9.17) is 4.74 Å². The highest BCUT2D eigenvalue weighted by Crippen LogP contribution is 2.37. The van der Waals surface area contributed by atoms with Crippen molar-refractivity contribution in [2.45, 2.75) is 31.8 Å². The molecule has 4 aromatic rings. The number of nitrogens with one attached hydrogen (secondary N) is 1. The van der Waals surface area contributed by atoms with Gasteiger partial charge in [0, 0.05) is 55.2 Å². The highest BCUT2D eigenvalue weighted by molar-refractivity contribution is 5.87. The van der Waals surface area contributed by atoms with E-state index >= 15 is 0 Å². The van der Waals surface area contributed by atoms with E-state index in [-0.39, 0.29) is 5.97 Å². The number of rotatable bonds is 8. The molecule has 1 atom stereocenters. The molecule has 0 radical (unpaired) electrons. The lowest BCUT2D eigenvalue weighted by molar-refractivity contribution is -0.134. The van der Waals surface area contributed by atoms with E-state index in [9.17, 15) is 4.79 Å². The van der Waals surface area contributed by atoms with Crippen molar-refractivity contribution in [2.24, 2.45) is 7.05 Å². The first kappa shape index (κ1) is 22.2. The summed E-state index contributed by atoms with van der Waals surface area (Å²) in [5.74, 6) is 0.738. The Kier molecular flexibility index (Phi) is 6.32. The Bertz CT molecular complexity index is 1330. The lowest BCUT2D eigenvalue weighted by Gasteiger charge is -2.29. The zero-order valence-electron chi connectivity index (χ0n) is 19.7. The van der Waals surface area contributed by atoms with Crippen LogP contribution in [0.15, 0.2) is 67.1 Å². The van der Waals surface area contributed by atoms with Crippen LogP contribution in [0, 0.1) is 0 Å². The van der Waals surface area contributed by atoms with Gasteiger partial charge in [0.25, 0.3) is 0 Å². The zero-order chi connectivity index (χ0) is 23.5. The monoisotopic (exact) mass is 454 g/mol. The number of imidazole rings is 1. The van der Waals surface area contributed by atoms with Gasteiger partial charge in [-0.3, -0.25) is 4.90 Å². The van der Waals surface area contributed by atoms with Crippen molar-refractivity contribution >= 4 is 22.9 Å². The van der Waals surface area contributed by atoms with Gasteiger partial charge in [-0.1, -0.05) is 36.4 Å². The topological polar surface area (TPSA) is 63.1 Å². The average Bonchev–Trinajstić information content (AvgIpc) is 3.58. The molecule has 34 heavy (non-hydrogen) atoms. The Morgan fingerprint density at radius 1 is 1.29 bits per heavy atom. The number of hydrogen-bond acceptors (Lipinski definition) is 4. The van der Waals surface area contributed by atoms with Gasteiger partial charge in [-0.25, -0.2) is 9.78 Å². The van der Waals surface area contributed by atoms with Gasteiger partial charge < -0.3 is 14.3 Å². The summed E-state index contributed by atoms with van der Waals surface area (Å²) < 4.78 is 6.82. The van der Waals surface area contributed by atoms with Crippen LogP contribution in [0.2, 0.25) is 0 Å². The molecule has 0 saturated carbocycles. The molecule has 1 aliphatic carbocycles. The molecule has 0 aliphatic heterocycles. The summed E-state index contributed by atoms with van der Waals surface area (Å²) in [7, 11) is 3.45. The Labute approximate surface area is 199 Å². The molecule has 1 unspecified atom stereocenters. The van der Waals surface area contributed by atoms with Crippen LogP contribution in [0.1, 0.15) is 40.5 Å². The first-order valence-corrected chi connectivity index (χ1v) is 11.8. The molecule has 0 fully saturated rings. The third kappa shape index (κ3) is 4.54. The second-order valence-corrected chi connectivity index (χ2v) is 8.90. The van der Waals surface area contributed by atoms with Gasteiger partial charge in [-0.15, -0.1) is 0 Å². The minimum Gasteiger partial charge on any atom is -0.466 e. The number of carbonyl (C=O) groups excluding carboxylic acids is 1. The zero-order valence-corrected chi connectivity index (χ0v) is 19.7. The standard InChI is InChI=1S/C28H30N4O2/c1-31-16-14-29-27(31)19-32(15-13-22-18-30-25-6-4-3-5-23(22)25)26-11-9-21-17-20(7-10-24(21)26)8-12-28(33)34-2/h3-8,10,12,14,16-18,26,30H,9,11,13,15,19H2,1-2H3/b12-8+. The van der Waals surface area contributed by atoms with Crippen LogP contribution in [-0.2, 0) is 36.0 Å². The van der Waals surface area contributed by atoms with Gasteiger partial charge in [0.05, 0.1) is 13.7 Å². The summed E-state index contributed by atoms with van der Waals surface area (Å²) in [6.07, 6.45) is 12.4. The van der Waals surface area contributed by atoms with E-state index in [0.717, 1.165) is 43.7 Å². The molecule has 2 aromatic heterocycles. The number of para-hydroxylation sites is 1. The summed E-state index contributed by atoms with van der Waals surface area (Å²) in [5.41, 5.74) is 6.30. The molecular weight excluding hydrogens is 424 g/mol. The number of aromatic amines is 1. The molecule has 0 saturated heterocycles. The van der Waals surface area contributed by atoms with Gasteiger partial charge in [0.1, 0.15) is 5.82 Å². The second kappa shape index (κ2) is 9.69. The predicted molar refractivity (Wildman–Crippen MR) is 134 cm³/mol. The van der Waals surface area contributed by atoms with Crippen LogP contribution in [0.4, 0.5) is 0 Å². The normalized spacial score (nSPS) is 15.4. The minimum absolute atomic E-state index is 0.336. The molecule has 2 aromatic carbocycles. The lowest BCUT2D eigenvalue weighted by atomic mass is 10.0. The maximum absolute atomic E-state index is 11.5. The number of ether oxygens (including phenoxy) is 1. The van der Waals surface area contributed by atoms with Crippen LogP contribution >= 0.6 is 0 Å².